The molecule has 1 aromatic rings. The highest BCUT2D eigenvalue weighted by Crippen LogP contribution is 2.41. The molecule has 1 amide bonds. The summed E-state index contributed by atoms with van der Waals surface area (Å²) in [7, 11) is 1.76. The Labute approximate surface area is 124 Å². The smallest absolute Gasteiger partial charge is 0.313 e. The Bertz CT molecular complexity index is 563. The molecule has 1 aliphatic heterocycles. The maximum atomic E-state index is 12.6. The van der Waals surface area contributed by atoms with E-state index in [4.69, 9.17) is 0 Å². The van der Waals surface area contributed by atoms with E-state index in [1.165, 1.54) is 6.42 Å². The number of amides is 1. The van der Waals surface area contributed by atoms with Crippen LogP contribution >= 0.6 is 0 Å². The summed E-state index contributed by atoms with van der Waals surface area (Å²) >= 11 is 0. The Kier molecular flexibility index (Phi) is 3.70. The third kappa shape index (κ3) is 2.33. The Morgan fingerprint density at radius 1 is 1.19 bits per heavy atom. The number of fused-ring (bicyclic) bond motifs is 1. The molecule has 112 valence electrons. The average Bonchev–Trinajstić information content (AvgIpc) is 2.51. The molecular formula is C17H21NO3. The van der Waals surface area contributed by atoms with Gasteiger partial charge < -0.3 is 10.0 Å². The molecular weight excluding hydrogens is 266 g/mol. The van der Waals surface area contributed by atoms with Gasteiger partial charge in [0.2, 0.25) is 0 Å². The van der Waals surface area contributed by atoms with Crippen LogP contribution < -0.4 is 0 Å². The Morgan fingerprint density at radius 3 is 2.52 bits per heavy atom. The summed E-state index contributed by atoms with van der Waals surface area (Å²) in [4.78, 5) is 26.1. The largest absolute Gasteiger partial charge is 0.481 e. The van der Waals surface area contributed by atoms with Crippen LogP contribution in [0, 0.1) is 5.92 Å². The first-order valence-corrected chi connectivity index (χ1v) is 7.70. The van der Waals surface area contributed by atoms with E-state index in [1.54, 1.807) is 30.1 Å². The number of carboxylic acid groups (broad SMARTS) is 1. The zero-order valence-electron chi connectivity index (χ0n) is 12.3. The summed E-state index contributed by atoms with van der Waals surface area (Å²) in [5.41, 5.74) is 1.23. The topological polar surface area (TPSA) is 57.6 Å². The molecule has 1 N–H and O–H groups in total. The zero-order valence-corrected chi connectivity index (χ0v) is 12.3. The molecule has 0 spiro atoms. The number of likely N-dealkylation sites (N-methyl/N-ethyl adjacent to an activating group) is 1. The van der Waals surface area contributed by atoms with E-state index in [-0.39, 0.29) is 11.9 Å². The van der Waals surface area contributed by atoms with Gasteiger partial charge in [-0.3, -0.25) is 9.59 Å². The van der Waals surface area contributed by atoms with Crippen LogP contribution in [-0.4, -0.2) is 35.0 Å². The fourth-order valence-electron chi connectivity index (χ4n) is 4.04. The second-order valence-electron chi connectivity index (χ2n) is 6.21. The molecule has 2 aliphatic rings. The van der Waals surface area contributed by atoms with Gasteiger partial charge in [-0.2, -0.15) is 0 Å². The summed E-state index contributed by atoms with van der Waals surface area (Å²) < 4.78 is 0. The third-order valence-corrected chi connectivity index (χ3v) is 5.03. The lowest BCUT2D eigenvalue weighted by Gasteiger charge is -2.43. The maximum absolute atomic E-state index is 12.6. The van der Waals surface area contributed by atoms with Gasteiger partial charge in [0, 0.05) is 12.6 Å². The molecule has 0 saturated heterocycles. The lowest BCUT2D eigenvalue weighted by molar-refractivity contribution is -0.141. The van der Waals surface area contributed by atoms with E-state index in [9.17, 15) is 14.7 Å². The molecule has 4 heteroatoms. The van der Waals surface area contributed by atoms with Crippen molar-refractivity contribution in [1.29, 1.82) is 0 Å². The SMILES string of the molecule is CN1C(=O)c2ccccc2C(C(=O)O)C1C1CCCCC1. The van der Waals surface area contributed by atoms with Crippen molar-refractivity contribution in [1.82, 2.24) is 4.90 Å². The normalized spacial score (nSPS) is 26.5. The highest BCUT2D eigenvalue weighted by molar-refractivity contribution is 6.00. The van der Waals surface area contributed by atoms with E-state index in [1.807, 2.05) is 6.07 Å². The van der Waals surface area contributed by atoms with E-state index < -0.39 is 11.9 Å². The number of carbonyl (C=O) groups excluding carboxylic acids is 1. The fraction of sp³-hybridized carbons (Fsp3) is 0.529. The number of hydrogen-bond donors (Lipinski definition) is 1. The molecule has 3 rings (SSSR count). The summed E-state index contributed by atoms with van der Waals surface area (Å²) in [5, 5.41) is 9.75. The van der Waals surface area contributed by atoms with Gasteiger partial charge in [0.25, 0.3) is 5.91 Å². The first kappa shape index (κ1) is 14.1. The predicted octanol–water partition coefficient (Wildman–Crippen LogP) is 2.89. The quantitative estimate of drug-likeness (QED) is 0.910. The van der Waals surface area contributed by atoms with Gasteiger partial charge in [-0.15, -0.1) is 0 Å². The van der Waals surface area contributed by atoms with Gasteiger partial charge >= 0.3 is 5.97 Å². The highest BCUT2D eigenvalue weighted by atomic mass is 16.4. The van der Waals surface area contributed by atoms with E-state index in [0.29, 0.717) is 17.0 Å². The number of hydrogen-bond acceptors (Lipinski definition) is 2. The predicted molar refractivity (Wildman–Crippen MR) is 79.3 cm³/mol. The number of carboxylic acids is 1. The Balaban J connectivity index is 2.06. The van der Waals surface area contributed by atoms with Crippen LogP contribution in [0.25, 0.3) is 0 Å². The number of nitrogens with zero attached hydrogens (tertiary/aromatic N) is 1. The van der Waals surface area contributed by atoms with Gasteiger partial charge in [0.1, 0.15) is 5.92 Å². The first-order chi connectivity index (χ1) is 10.1. The molecule has 2 unspecified atom stereocenters. The summed E-state index contributed by atoms with van der Waals surface area (Å²) in [5.74, 6) is -1.18. The molecule has 0 radical (unpaired) electrons. The van der Waals surface area contributed by atoms with Crippen molar-refractivity contribution < 1.29 is 14.7 Å². The molecule has 1 heterocycles. The second-order valence-corrected chi connectivity index (χ2v) is 6.21. The molecule has 0 bridgehead atoms. The Hall–Kier alpha value is -1.84. The van der Waals surface area contributed by atoms with Gasteiger partial charge in [-0.05, 0) is 30.4 Å². The van der Waals surface area contributed by atoms with E-state index >= 15 is 0 Å². The standard InChI is InChI=1S/C17H21NO3/c1-18-15(11-7-3-2-4-8-11)14(17(20)21)12-9-5-6-10-13(12)16(18)19/h5-6,9-11,14-15H,2-4,7-8H2,1H3,(H,20,21). The maximum Gasteiger partial charge on any atom is 0.313 e. The molecule has 1 aromatic carbocycles. The molecule has 1 fully saturated rings. The van der Waals surface area contributed by atoms with Crippen molar-refractivity contribution in [2.75, 3.05) is 7.05 Å². The van der Waals surface area contributed by atoms with Gasteiger partial charge in [0.05, 0.1) is 6.04 Å². The third-order valence-electron chi connectivity index (χ3n) is 5.03. The van der Waals surface area contributed by atoms with Crippen LogP contribution in [0.3, 0.4) is 0 Å². The van der Waals surface area contributed by atoms with Gasteiger partial charge in [0.15, 0.2) is 0 Å². The number of rotatable bonds is 2. The van der Waals surface area contributed by atoms with Crippen LogP contribution in [0.1, 0.15) is 53.9 Å². The fourth-order valence-corrected chi connectivity index (χ4v) is 4.04. The summed E-state index contributed by atoms with van der Waals surface area (Å²) in [6, 6.07) is 6.94. The molecule has 2 atom stereocenters. The molecule has 0 aromatic heterocycles. The highest BCUT2D eigenvalue weighted by Gasteiger charge is 2.45. The number of benzene rings is 1. The lowest BCUT2D eigenvalue weighted by atomic mass is 9.72. The van der Waals surface area contributed by atoms with Crippen LogP contribution in [0.5, 0.6) is 0 Å². The van der Waals surface area contributed by atoms with Crippen LogP contribution in [0.2, 0.25) is 0 Å². The summed E-state index contributed by atoms with van der Waals surface area (Å²) in [6.07, 6.45) is 5.53. The van der Waals surface area contributed by atoms with Crippen molar-refractivity contribution in [2.24, 2.45) is 5.92 Å². The van der Waals surface area contributed by atoms with Gasteiger partial charge in [-0.1, -0.05) is 37.5 Å². The molecule has 1 saturated carbocycles. The van der Waals surface area contributed by atoms with Crippen molar-refractivity contribution in [3.05, 3.63) is 35.4 Å². The van der Waals surface area contributed by atoms with Crippen LogP contribution in [0.15, 0.2) is 24.3 Å². The van der Waals surface area contributed by atoms with Crippen molar-refractivity contribution in [3.63, 3.8) is 0 Å². The van der Waals surface area contributed by atoms with E-state index in [0.717, 1.165) is 25.7 Å². The number of carbonyl (C=O) groups is 2. The van der Waals surface area contributed by atoms with Crippen molar-refractivity contribution >= 4 is 11.9 Å². The van der Waals surface area contributed by atoms with Crippen molar-refractivity contribution in [2.45, 2.75) is 44.1 Å². The monoisotopic (exact) mass is 287 g/mol. The molecule has 21 heavy (non-hydrogen) atoms. The molecule has 1 aliphatic carbocycles. The first-order valence-electron chi connectivity index (χ1n) is 7.70. The van der Waals surface area contributed by atoms with Gasteiger partial charge in [-0.25, -0.2) is 0 Å². The minimum absolute atomic E-state index is 0.0429. The van der Waals surface area contributed by atoms with E-state index in [2.05, 4.69) is 0 Å². The zero-order chi connectivity index (χ0) is 15.0. The van der Waals surface area contributed by atoms with Crippen LogP contribution in [0.4, 0.5) is 0 Å². The second kappa shape index (κ2) is 5.51. The number of aliphatic carboxylic acids is 1. The minimum Gasteiger partial charge on any atom is -0.481 e. The minimum atomic E-state index is -0.822. The molecule has 4 nitrogen and oxygen atoms in total. The van der Waals surface area contributed by atoms with Crippen LogP contribution in [-0.2, 0) is 4.79 Å². The Morgan fingerprint density at radius 2 is 1.86 bits per heavy atom. The average molecular weight is 287 g/mol. The summed E-state index contributed by atoms with van der Waals surface area (Å²) in [6.45, 7) is 0. The lowest BCUT2D eigenvalue weighted by Crippen LogP contribution is -2.52. The van der Waals surface area contributed by atoms with Crippen molar-refractivity contribution in [3.8, 4) is 0 Å².